The largest absolute Gasteiger partial charge is 0.380 e. The Morgan fingerprint density at radius 3 is 2.91 bits per heavy atom. The summed E-state index contributed by atoms with van der Waals surface area (Å²) in [5.41, 5.74) is 0. The van der Waals surface area contributed by atoms with Crippen LogP contribution in [0.25, 0.3) is 0 Å². The Bertz CT molecular complexity index is 121. The van der Waals surface area contributed by atoms with Gasteiger partial charge in [-0.05, 0) is 31.2 Å². The maximum Gasteiger partial charge on any atom is 0.0585 e. The first-order valence-corrected chi connectivity index (χ1v) is 5.40. The van der Waals surface area contributed by atoms with E-state index in [1.165, 1.54) is 25.3 Å². The van der Waals surface area contributed by atoms with Gasteiger partial charge in [0.25, 0.3) is 0 Å². The van der Waals surface area contributed by atoms with Gasteiger partial charge in [-0.1, -0.05) is 0 Å². The van der Waals surface area contributed by atoms with Crippen molar-refractivity contribution in [2.45, 2.75) is 11.7 Å². The molecule has 0 amide bonds. The minimum atomic E-state index is 0.801. The first kappa shape index (κ1) is 7.90. The van der Waals surface area contributed by atoms with Gasteiger partial charge in [-0.2, -0.15) is 11.8 Å². The quantitative estimate of drug-likeness (QED) is 0.680. The van der Waals surface area contributed by atoms with E-state index in [-0.39, 0.29) is 0 Å². The lowest BCUT2D eigenvalue weighted by atomic mass is 10.1. The van der Waals surface area contributed by atoms with Crippen LogP contribution in [-0.2, 0) is 4.74 Å². The van der Waals surface area contributed by atoms with E-state index in [0.29, 0.717) is 0 Å². The summed E-state index contributed by atoms with van der Waals surface area (Å²) in [5, 5.41) is 4.09. The lowest BCUT2D eigenvalue weighted by Gasteiger charge is -2.27. The predicted octanol–water partition coefficient (Wildman–Crippen LogP) is 0.728. The van der Waals surface area contributed by atoms with Crippen LogP contribution in [0.15, 0.2) is 0 Å². The van der Waals surface area contributed by atoms with Crippen molar-refractivity contribution in [3.05, 3.63) is 0 Å². The zero-order valence-corrected chi connectivity index (χ0v) is 7.53. The van der Waals surface area contributed by atoms with Crippen molar-refractivity contribution in [3.8, 4) is 0 Å². The molecule has 2 aliphatic rings. The van der Waals surface area contributed by atoms with Crippen LogP contribution in [0.4, 0.5) is 0 Å². The summed E-state index contributed by atoms with van der Waals surface area (Å²) in [7, 11) is 0. The maximum absolute atomic E-state index is 5.30. The SMILES string of the molecule is C1CC(SCC2CNC2)CO1. The van der Waals surface area contributed by atoms with Gasteiger partial charge in [-0.15, -0.1) is 0 Å². The molecule has 0 aliphatic carbocycles. The molecule has 0 aromatic carbocycles. The number of ether oxygens (including phenoxy) is 1. The first-order chi connectivity index (χ1) is 5.45. The molecule has 3 heteroatoms. The summed E-state index contributed by atoms with van der Waals surface area (Å²) in [6, 6.07) is 0. The highest BCUT2D eigenvalue weighted by molar-refractivity contribution is 7.99. The van der Waals surface area contributed by atoms with Gasteiger partial charge < -0.3 is 10.1 Å². The molecule has 1 unspecified atom stereocenters. The van der Waals surface area contributed by atoms with E-state index in [1.54, 1.807) is 0 Å². The van der Waals surface area contributed by atoms with E-state index in [1.807, 2.05) is 0 Å². The van der Waals surface area contributed by atoms with E-state index in [4.69, 9.17) is 4.74 Å². The Morgan fingerprint density at radius 2 is 2.36 bits per heavy atom. The van der Waals surface area contributed by atoms with Crippen molar-refractivity contribution in [1.82, 2.24) is 5.32 Å². The second-order valence-corrected chi connectivity index (χ2v) is 4.68. The average Bonchev–Trinajstić information content (AvgIpc) is 2.36. The summed E-state index contributed by atoms with van der Waals surface area (Å²) in [6.45, 7) is 4.45. The second kappa shape index (κ2) is 3.78. The fourth-order valence-electron chi connectivity index (χ4n) is 1.38. The Kier molecular flexibility index (Phi) is 2.72. The van der Waals surface area contributed by atoms with Crippen LogP contribution in [0.3, 0.4) is 0 Å². The van der Waals surface area contributed by atoms with Crippen LogP contribution in [0.2, 0.25) is 0 Å². The molecular weight excluding hydrogens is 158 g/mol. The minimum Gasteiger partial charge on any atom is -0.380 e. The first-order valence-electron chi connectivity index (χ1n) is 4.35. The smallest absolute Gasteiger partial charge is 0.0585 e. The molecule has 2 nitrogen and oxygen atoms in total. The summed E-state index contributed by atoms with van der Waals surface area (Å²) < 4.78 is 5.30. The molecule has 64 valence electrons. The lowest BCUT2D eigenvalue weighted by molar-refractivity contribution is 0.199. The normalized spacial score (nSPS) is 32.2. The Balaban J connectivity index is 1.57. The molecule has 0 spiro atoms. The zero-order valence-electron chi connectivity index (χ0n) is 6.71. The van der Waals surface area contributed by atoms with E-state index >= 15 is 0 Å². The van der Waals surface area contributed by atoms with Crippen LogP contribution < -0.4 is 5.32 Å². The predicted molar refractivity (Wildman–Crippen MR) is 48.0 cm³/mol. The highest BCUT2D eigenvalue weighted by Crippen LogP contribution is 2.23. The van der Waals surface area contributed by atoms with Crippen molar-refractivity contribution in [2.24, 2.45) is 5.92 Å². The van der Waals surface area contributed by atoms with Crippen molar-refractivity contribution in [1.29, 1.82) is 0 Å². The fraction of sp³-hybridized carbons (Fsp3) is 1.00. The van der Waals surface area contributed by atoms with Crippen LogP contribution in [0, 0.1) is 5.92 Å². The van der Waals surface area contributed by atoms with Crippen LogP contribution in [-0.4, -0.2) is 37.3 Å². The molecule has 11 heavy (non-hydrogen) atoms. The Labute approximate surface area is 72.1 Å². The number of thioether (sulfide) groups is 1. The van der Waals surface area contributed by atoms with Crippen molar-refractivity contribution < 1.29 is 4.74 Å². The highest BCUT2D eigenvalue weighted by Gasteiger charge is 2.21. The second-order valence-electron chi connectivity index (χ2n) is 3.34. The average molecular weight is 173 g/mol. The van der Waals surface area contributed by atoms with E-state index in [2.05, 4.69) is 17.1 Å². The molecule has 2 heterocycles. The maximum atomic E-state index is 5.30. The van der Waals surface area contributed by atoms with Gasteiger partial charge in [-0.3, -0.25) is 0 Å². The van der Waals surface area contributed by atoms with E-state index in [9.17, 15) is 0 Å². The number of hydrogen-bond donors (Lipinski definition) is 1. The van der Waals surface area contributed by atoms with Gasteiger partial charge in [0.1, 0.15) is 0 Å². The number of nitrogens with one attached hydrogen (secondary N) is 1. The number of hydrogen-bond acceptors (Lipinski definition) is 3. The molecule has 1 atom stereocenters. The van der Waals surface area contributed by atoms with E-state index < -0.39 is 0 Å². The van der Waals surface area contributed by atoms with E-state index in [0.717, 1.165) is 24.4 Å². The molecule has 2 rings (SSSR count). The van der Waals surface area contributed by atoms with Gasteiger partial charge in [0.15, 0.2) is 0 Å². The van der Waals surface area contributed by atoms with Crippen molar-refractivity contribution in [3.63, 3.8) is 0 Å². The Hall–Kier alpha value is 0.270. The summed E-state index contributed by atoms with van der Waals surface area (Å²) in [5.74, 6) is 2.28. The molecule has 1 N–H and O–H groups in total. The topological polar surface area (TPSA) is 21.3 Å². The molecule has 2 fully saturated rings. The molecule has 2 aliphatic heterocycles. The van der Waals surface area contributed by atoms with Crippen LogP contribution in [0.5, 0.6) is 0 Å². The standard InChI is InChI=1S/C8H15NOS/c1-2-10-5-8(1)11-6-7-3-9-4-7/h7-9H,1-6H2. The fourth-order valence-corrected chi connectivity index (χ4v) is 2.62. The molecule has 0 bridgehead atoms. The third kappa shape index (κ3) is 2.10. The molecule has 2 saturated heterocycles. The number of rotatable bonds is 3. The summed E-state index contributed by atoms with van der Waals surface area (Å²) >= 11 is 2.10. The van der Waals surface area contributed by atoms with Gasteiger partial charge in [0.05, 0.1) is 6.61 Å². The minimum absolute atomic E-state index is 0.801. The van der Waals surface area contributed by atoms with Gasteiger partial charge >= 0.3 is 0 Å². The van der Waals surface area contributed by atoms with Crippen molar-refractivity contribution >= 4 is 11.8 Å². The third-order valence-corrected chi connectivity index (χ3v) is 3.83. The summed E-state index contributed by atoms with van der Waals surface area (Å²) in [4.78, 5) is 0. The monoisotopic (exact) mass is 173 g/mol. The zero-order chi connectivity index (χ0) is 7.52. The molecule has 0 radical (unpaired) electrons. The van der Waals surface area contributed by atoms with Gasteiger partial charge in [-0.25, -0.2) is 0 Å². The molecular formula is C8H15NOS. The molecule has 0 saturated carbocycles. The van der Waals surface area contributed by atoms with Crippen LogP contribution in [0.1, 0.15) is 6.42 Å². The highest BCUT2D eigenvalue weighted by atomic mass is 32.2. The Morgan fingerprint density at radius 1 is 1.45 bits per heavy atom. The third-order valence-electron chi connectivity index (χ3n) is 2.32. The van der Waals surface area contributed by atoms with Gasteiger partial charge in [0.2, 0.25) is 0 Å². The molecule has 0 aromatic heterocycles. The summed E-state index contributed by atoms with van der Waals surface area (Å²) in [6.07, 6.45) is 1.27. The van der Waals surface area contributed by atoms with Crippen molar-refractivity contribution in [2.75, 3.05) is 32.1 Å². The lowest BCUT2D eigenvalue weighted by Crippen LogP contribution is -2.43. The van der Waals surface area contributed by atoms with Gasteiger partial charge in [0, 0.05) is 11.9 Å². The van der Waals surface area contributed by atoms with Crippen LogP contribution >= 0.6 is 11.8 Å². The molecule has 0 aromatic rings.